The van der Waals surface area contributed by atoms with Gasteiger partial charge in [0.25, 0.3) is 5.56 Å². The molecule has 1 fully saturated rings. The van der Waals surface area contributed by atoms with Crippen molar-refractivity contribution in [2.75, 3.05) is 14.1 Å². The molecular formula is C23H23ClN4O5S. The molecule has 0 bridgehead atoms. The van der Waals surface area contributed by atoms with Gasteiger partial charge in [-0.25, -0.2) is 13.2 Å². The van der Waals surface area contributed by atoms with Gasteiger partial charge in [0, 0.05) is 23.8 Å². The molecule has 2 aromatic heterocycles. The maximum absolute atomic E-state index is 13.7. The Morgan fingerprint density at radius 3 is 2.59 bits per heavy atom. The van der Waals surface area contributed by atoms with Crippen molar-refractivity contribution in [1.29, 1.82) is 0 Å². The lowest BCUT2D eigenvalue weighted by atomic mass is 10.2. The average Bonchev–Trinajstić information content (AvgIpc) is 3.44. The van der Waals surface area contributed by atoms with Crippen LogP contribution in [0.1, 0.15) is 25.3 Å². The maximum atomic E-state index is 13.7. The van der Waals surface area contributed by atoms with Crippen molar-refractivity contribution < 1.29 is 13.6 Å². The van der Waals surface area contributed by atoms with Crippen molar-refractivity contribution >= 4 is 43.2 Å². The quantitative estimate of drug-likeness (QED) is 0.414. The lowest BCUT2D eigenvalue weighted by Crippen LogP contribution is -2.33. The number of rotatable bonds is 4. The van der Waals surface area contributed by atoms with Crippen LogP contribution in [0.3, 0.4) is 0 Å². The molecule has 1 aliphatic carbocycles. The van der Waals surface area contributed by atoms with Crippen LogP contribution in [0.5, 0.6) is 0 Å². The Kier molecular flexibility index (Phi) is 5.34. The van der Waals surface area contributed by atoms with Gasteiger partial charge in [-0.3, -0.25) is 4.79 Å². The number of benzene rings is 2. The average molecular weight is 503 g/mol. The van der Waals surface area contributed by atoms with Gasteiger partial charge in [-0.2, -0.15) is 0 Å². The second-order valence-electron chi connectivity index (χ2n) is 8.87. The minimum atomic E-state index is -4.14. The van der Waals surface area contributed by atoms with Gasteiger partial charge in [0.1, 0.15) is 0 Å². The van der Waals surface area contributed by atoms with Crippen LogP contribution in [0.25, 0.3) is 21.8 Å². The Hall–Kier alpha value is -3.08. The normalized spacial score (nSPS) is 18.9. The van der Waals surface area contributed by atoms with Crippen LogP contribution in [0.2, 0.25) is 5.02 Å². The molecule has 2 atom stereocenters. The van der Waals surface area contributed by atoms with E-state index in [0.717, 1.165) is 30.2 Å². The predicted molar refractivity (Wildman–Crippen MR) is 129 cm³/mol. The highest BCUT2D eigenvalue weighted by molar-refractivity contribution is 7.91. The van der Waals surface area contributed by atoms with E-state index in [1.165, 1.54) is 18.2 Å². The number of nitrogens with one attached hydrogen (secondary N) is 1. The van der Waals surface area contributed by atoms with Crippen molar-refractivity contribution in [3.63, 3.8) is 0 Å². The van der Waals surface area contributed by atoms with E-state index < -0.39 is 21.1 Å². The molecule has 1 saturated carbocycles. The topological polar surface area (TPSA) is 117 Å². The van der Waals surface area contributed by atoms with E-state index in [4.69, 9.17) is 11.6 Å². The number of hydrogen-bond donors (Lipinski definition) is 2. The van der Waals surface area contributed by atoms with Crippen LogP contribution < -0.4 is 11.2 Å². The number of fused-ring (bicyclic) bond motifs is 2. The van der Waals surface area contributed by atoms with Crippen LogP contribution in [0.15, 0.2) is 62.0 Å². The van der Waals surface area contributed by atoms with Crippen LogP contribution in [0, 0.1) is 0 Å². The molecule has 0 aliphatic heterocycles. The Morgan fingerprint density at radius 1 is 1.12 bits per heavy atom. The largest absolute Gasteiger partial charge is 0.421 e. The lowest BCUT2D eigenvalue weighted by Gasteiger charge is -2.20. The van der Waals surface area contributed by atoms with Crippen molar-refractivity contribution in [2.45, 2.75) is 41.1 Å². The molecule has 178 valence electrons. The van der Waals surface area contributed by atoms with Gasteiger partial charge in [0.15, 0.2) is 0 Å². The minimum absolute atomic E-state index is 0.0276. The summed E-state index contributed by atoms with van der Waals surface area (Å²) >= 11 is 6.10. The molecule has 0 saturated heterocycles. The second kappa shape index (κ2) is 8.00. The van der Waals surface area contributed by atoms with Crippen molar-refractivity contribution in [1.82, 2.24) is 19.2 Å². The van der Waals surface area contributed by atoms with Gasteiger partial charge in [-0.05, 0) is 69.1 Å². The molecule has 0 amide bonds. The Bertz CT molecular complexity index is 1670. The summed E-state index contributed by atoms with van der Waals surface area (Å²) in [6.45, 7) is 0. The Balaban J connectivity index is 1.66. The van der Waals surface area contributed by atoms with Gasteiger partial charge in [0.05, 0.1) is 25.7 Å². The molecule has 5 rings (SSSR count). The van der Waals surface area contributed by atoms with Gasteiger partial charge in [0.2, 0.25) is 9.84 Å². The van der Waals surface area contributed by atoms with Gasteiger partial charge < -0.3 is 19.7 Å². The van der Waals surface area contributed by atoms with E-state index in [0.29, 0.717) is 6.04 Å². The van der Waals surface area contributed by atoms with Crippen molar-refractivity contribution in [3.8, 4) is 0 Å². The number of aromatic nitrogens is 3. The molecule has 11 heteroatoms. The maximum Gasteiger partial charge on any atom is 0.362 e. The number of sulfone groups is 1. The summed E-state index contributed by atoms with van der Waals surface area (Å²) in [6, 6.07) is 10.1. The second-order valence-corrected chi connectivity index (χ2v) is 11.2. The molecule has 0 spiro atoms. The third kappa shape index (κ3) is 3.44. The zero-order chi connectivity index (χ0) is 24.4. The number of nitrogens with zero attached hydrogens (tertiary/aromatic N) is 3. The SMILES string of the molecule is CN(C)[C@H]1CC[C@H](n2ccc3ccc(S(=O)(=O)c4ccc(Cl)c5c(=O)n(O)c(=O)[nH]c45)cc32)C1. The fraction of sp³-hybridized carbons (Fsp3) is 0.304. The minimum Gasteiger partial charge on any atom is -0.421 e. The molecular weight excluding hydrogens is 480 g/mol. The number of halogens is 1. The monoisotopic (exact) mass is 502 g/mol. The first kappa shape index (κ1) is 22.7. The summed E-state index contributed by atoms with van der Waals surface area (Å²) in [6.07, 6.45) is 5.04. The smallest absolute Gasteiger partial charge is 0.362 e. The van der Waals surface area contributed by atoms with Crippen LogP contribution in [-0.4, -0.2) is 52.9 Å². The highest BCUT2D eigenvalue weighted by Gasteiger charge is 2.29. The molecule has 2 N–H and O–H groups in total. The van der Waals surface area contributed by atoms with E-state index in [1.54, 1.807) is 12.1 Å². The Morgan fingerprint density at radius 2 is 1.88 bits per heavy atom. The van der Waals surface area contributed by atoms with E-state index in [-0.39, 0.29) is 36.5 Å². The first-order chi connectivity index (χ1) is 16.1. The third-order valence-electron chi connectivity index (χ3n) is 6.74. The molecule has 0 unspecified atom stereocenters. The zero-order valence-corrected chi connectivity index (χ0v) is 20.1. The zero-order valence-electron chi connectivity index (χ0n) is 18.5. The summed E-state index contributed by atoms with van der Waals surface area (Å²) in [5.74, 6) is 0. The third-order valence-corrected chi connectivity index (χ3v) is 8.85. The van der Waals surface area contributed by atoms with Gasteiger partial charge >= 0.3 is 5.69 Å². The van der Waals surface area contributed by atoms with E-state index in [9.17, 15) is 23.2 Å². The molecule has 4 aromatic rings. The molecule has 34 heavy (non-hydrogen) atoms. The number of hydrogen-bond acceptors (Lipinski definition) is 6. The summed E-state index contributed by atoms with van der Waals surface area (Å²) in [5.41, 5.74) is -1.69. The fourth-order valence-corrected chi connectivity index (χ4v) is 6.55. The molecule has 2 aromatic carbocycles. The van der Waals surface area contributed by atoms with E-state index in [2.05, 4.69) is 28.5 Å². The Labute approximate surface area is 199 Å². The first-order valence-corrected chi connectivity index (χ1v) is 12.6. The molecule has 2 heterocycles. The van der Waals surface area contributed by atoms with Gasteiger partial charge in [-0.1, -0.05) is 22.4 Å². The standard InChI is InChI=1S/C23H23ClN4O5S/c1-26(2)14-4-5-15(11-14)27-10-9-13-3-6-16(12-18(13)27)34(32,33)19-8-7-17(24)20-21(19)25-23(30)28(31)22(20)29/h3,6-10,12,14-15,31H,4-5,11H2,1-2H3,(H,25,30)/t14-,15-/m0/s1. The highest BCUT2D eigenvalue weighted by atomic mass is 35.5. The summed E-state index contributed by atoms with van der Waals surface area (Å²) in [7, 11) is -0.00809. The summed E-state index contributed by atoms with van der Waals surface area (Å²) in [5, 5.41) is 10.2. The highest BCUT2D eigenvalue weighted by Crippen LogP contribution is 2.36. The van der Waals surface area contributed by atoms with Crippen LogP contribution >= 0.6 is 11.6 Å². The number of aromatic amines is 1. The van der Waals surface area contributed by atoms with Crippen LogP contribution in [0.4, 0.5) is 0 Å². The van der Waals surface area contributed by atoms with Crippen LogP contribution in [-0.2, 0) is 9.84 Å². The van der Waals surface area contributed by atoms with E-state index in [1.807, 2.05) is 12.3 Å². The van der Waals surface area contributed by atoms with Crippen molar-refractivity contribution in [3.05, 3.63) is 68.5 Å². The van der Waals surface area contributed by atoms with E-state index >= 15 is 0 Å². The summed E-state index contributed by atoms with van der Waals surface area (Å²) < 4.78 is 29.3. The van der Waals surface area contributed by atoms with Gasteiger partial charge in [-0.15, -0.1) is 0 Å². The van der Waals surface area contributed by atoms with Crippen molar-refractivity contribution in [2.24, 2.45) is 0 Å². The number of H-pyrrole nitrogens is 1. The molecule has 9 nitrogen and oxygen atoms in total. The predicted octanol–water partition coefficient (Wildman–Crippen LogP) is 3.02. The molecule has 0 radical (unpaired) electrons. The molecule has 1 aliphatic rings. The fourth-order valence-electron chi connectivity index (χ4n) is 4.87. The first-order valence-electron chi connectivity index (χ1n) is 10.8. The lowest BCUT2D eigenvalue weighted by molar-refractivity contribution is 0.162. The summed E-state index contributed by atoms with van der Waals surface area (Å²) in [4.78, 5) is 28.6.